The third-order valence-corrected chi connectivity index (χ3v) is 4.73. The van der Waals surface area contributed by atoms with Crippen molar-refractivity contribution in [3.05, 3.63) is 66.6 Å². The molecule has 1 aromatic carbocycles. The molecule has 5 aromatic rings. The Balaban J connectivity index is 1.52. The lowest BCUT2D eigenvalue weighted by molar-refractivity contribution is 0.881. The Morgan fingerprint density at radius 1 is 1.03 bits per heavy atom. The van der Waals surface area contributed by atoms with E-state index in [9.17, 15) is 0 Å². The van der Waals surface area contributed by atoms with Crippen LogP contribution in [-0.4, -0.2) is 47.3 Å². The van der Waals surface area contributed by atoms with E-state index >= 15 is 0 Å². The van der Waals surface area contributed by atoms with Gasteiger partial charge in [-0.2, -0.15) is 14.8 Å². The van der Waals surface area contributed by atoms with E-state index < -0.39 is 0 Å². The summed E-state index contributed by atoms with van der Waals surface area (Å²) in [5.41, 5.74) is 5.38. The molecule has 1 N–H and O–H groups in total. The summed E-state index contributed by atoms with van der Waals surface area (Å²) in [6.45, 7) is 1.98. The Labute approximate surface area is 166 Å². The minimum absolute atomic E-state index is 0.516. The highest BCUT2D eigenvalue weighted by Gasteiger charge is 2.14. The third-order valence-electron chi connectivity index (χ3n) is 4.73. The molecule has 5 rings (SSSR count). The first-order valence-electron chi connectivity index (χ1n) is 9.05. The third kappa shape index (κ3) is 2.98. The number of aryl methyl sites for hydroxylation is 1. The second-order valence-electron chi connectivity index (χ2n) is 6.60. The van der Waals surface area contributed by atoms with Crippen molar-refractivity contribution in [3.63, 3.8) is 0 Å². The molecule has 0 bridgehead atoms. The minimum Gasteiger partial charge on any atom is -0.329 e. The number of benzene rings is 1. The van der Waals surface area contributed by atoms with Crippen LogP contribution in [0.15, 0.2) is 60.9 Å². The van der Waals surface area contributed by atoms with Gasteiger partial charge in [-0.3, -0.25) is 4.98 Å². The van der Waals surface area contributed by atoms with Gasteiger partial charge in [-0.15, -0.1) is 10.2 Å². The number of rotatable bonds is 4. The van der Waals surface area contributed by atoms with Crippen molar-refractivity contribution >= 4 is 17.2 Å². The zero-order valence-electron chi connectivity index (χ0n) is 15.9. The van der Waals surface area contributed by atoms with Gasteiger partial charge in [0.05, 0.1) is 11.9 Å². The second kappa shape index (κ2) is 6.79. The van der Waals surface area contributed by atoms with E-state index in [1.165, 1.54) is 0 Å². The summed E-state index contributed by atoms with van der Waals surface area (Å²) in [5, 5.41) is 18.7. The van der Waals surface area contributed by atoms with Gasteiger partial charge in [0.1, 0.15) is 5.82 Å². The van der Waals surface area contributed by atoms with E-state index in [1.807, 2.05) is 54.9 Å². The first kappa shape index (κ1) is 17.0. The van der Waals surface area contributed by atoms with Gasteiger partial charge in [0.25, 0.3) is 0 Å². The second-order valence-corrected chi connectivity index (χ2v) is 6.60. The highest BCUT2D eigenvalue weighted by molar-refractivity contribution is 5.78. The van der Waals surface area contributed by atoms with Gasteiger partial charge in [0, 0.05) is 47.9 Å². The Bertz CT molecular complexity index is 1270. The first-order valence-corrected chi connectivity index (χ1v) is 9.05. The monoisotopic (exact) mass is 383 g/mol. The quantitative estimate of drug-likeness (QED) is 0.509. The molecule has 0 unspecified atom stereocenters. The van der Waals surface area contributed by atoms with E-state index in [0.29, 0.717) is 5.82 Å². The lowest BCUT2D eigenvalue weighted by Crippen LogP contribution is -2.14. The summed E-state index contributed by atoms with van der Waals surface area (Å²) >= 11 is 0. The average Bonchev–Trinajstić information content (AvgIpc) is 3.45. The number of H-pyrrole nitrogens is 1. The molecular formula is C20H17N9. The molecule has 4 heterocycles. The lowest BCUT2D eigenvalue weighted by Gasteiger charge is -2.21. The molecule has 29 heavy (non-hydrogen) atoms. The van der Waals surface area contributed by atoms with E-state index in [4.69, 9.17) is 0 Å². The Morgan fingerprint density at radius 2 is 1.90 bits per heavy atom. The number of aromatic nitrogens is 8. The fourth-order valence-corrected chi connectivity index (χ4v) is 3.32. The molecule has 0 aliphatic rings. The number of aromatic amines is 1. The standard InChI is InChI=1S/C20H17N9/c1-13-12-18(29-17(23-13)9-11-22-29)28(2)15-7-5-14(6-8-15)19-16(4-3-10-21-19)20-24-26-27-25-20/h3-12H,1-2H3,(H,24,25,26,27). The Kier molecular flexibility index (Phi) is 3.98. The number of fused-ring (bicyclic) bond motifs is 1. The summed E-state index contributed by atoms with van der Waals surface area (Å²) in [6, 6.07) is 15.9. The topological polar surface area (TPSA) is 101 Å². The molecular weight excluding hydrogens is 366 g/mol. The van der Waals surface area contributed by atoms with Gasteiger partial charge in [-0.05, 0) is 36.4 Å². The summed E-state index contributed by atoms with van der Waals surface area (Å²) in [7, 11) is 2.01. The van der Waals surface area contributed by atoms with Gasteiger partial charge in [-0.1, -0.05) is 12.1 Å². The maximum atomic E-state index is 4.53. The maximum Gasteiger partial charge on any atom is 0.206 e. The van der Waals surface area contributed by atoms with Gasteiger partial charge in [0.2, 0.25) is 5.82 Å². The SMILES string of the molecule is Cc1cc(N(C)c2ccc(-c3ncccc3-c3nn[nH]n3)cc2)n2nccc2n1. The zero-order valence-corrected chi connectivity index (χ0v) is 15.9. The van der Waals surface area contributed by atoms with Crippen molar-refractivity contribution in [1.29, 1.82) is 0 Å². The average molecular weight is 383 g/mol. The van der Waals surface area contributed by atoms with Crippen LogP contribution in [0.4, 0.5) is 11.5 Å². The number of hydrogen-bond acceptors (Lipinski definition) is 7. The Hall–Kier alpha value is -4.14. The molecule has 4 aromatic heterocycles. The number of pyridine rings is 1. The van der Waals surface area contributed by atoms with Crippen molar-refractivity contribution in [2.24, 2.45) is 0 Å². The number of anilines is 2. The van der Waals surface area contributed by atoms with Gasteiger partial charge < -0.3 is 4.90 Å². The molecule has 0 fully saturated rings. The van der Waals surface area contributed by atoms with Crippen molar-refractivity contribution in [1.82, 2.24) is 40.2 Å². The van der Waals surface area contributed by atoms with Crippen LogP contribution in [0, 0.1) is 6.92 Å². The maximum absolute atomic E-state index is 4.53. The highest BCUT2D eigenvalue weighted by atomic mass is 15.5. The van der Waals surface area contributed by atoms with Crippen molar-refractivity contribution in [2.75, 3.05) is 11.9 Å². The first-order chi connectivity index (χ1) is 14.2. The lowest BCUT2D eigenvalue weighted by atomic mass is 10.0. The van der Waals surface area contributed by atoms with E-state index in [-0.39, 0.29) is 0 Å². The van der Waals surface area contributed by atoms with Crippen LogP contribution in [0.3, 0.4) is 0 Å². The molecule has 0 spiro atoms. The van der Waals surface area contributed by atoms with E-state index in [1.54, 1.807) is 12.4 Å². The van der Waals surface area contributed by atoms with Crippen LogP contribution < -0.4 is 4.90 Å². The van der Waals surface area contributed by atoms with Crippen molar-refractivity contribution < 1.29 is 0 Å². The number of nitrogens with one attached hydrogen (secondary N) is 1. The summed E-state index contributed by atoms with van der Waals surface area (Å²) in [4.78, 5) is 11.1. The fraction of sp³-hybridized carbons (Fsp3) is 0.100. The van der Waals surface area contributed by atoms with E-state index in [0.717, 1.165) is 39.7 Å². The highest BCUT2D eigenvalue weighted by Crippen LogP contribution is 2.30. The summed E-state index contributed by atoms with van der Waals surface area (Å²) in [5.74, 6) is 1.46. The van der Waals surface area contributed by atoms with E-state index in [2.05, 4.69) is 52.7 Å². The van der Waals surface area contributed by atoms with Gasteiger partial charge in [0.15, 0.2) is 5.65 Å². The normalized spacial score (nSPS) is 11.1. The largest absolute Gasteiger partial charge is 0.329 e. The molecule has 9 heteroatoms. The number of hydrogen-bond donors (Lipinski definition) is 1. The van der Waals surface area contributed by atoms with Gasteiger partial charge >= 0.3 is 0 Å². The zero-order chi connectivity index (χ0) is 19.8. The van der Waals surface area contributed by atoms with Crippen molar-refractivity contribution in [2.45, 2.75) is 6.92 Å². The number of tetrazole rings is 1. The van der Waals surface area contributed by atoms with Crippen LogP contribution in [0.5, 0.6) is 0 Å². The smallest absolute Gasteiger partial charge is 0.206 e. The van der Waals surface area contributed by atoms with Crippen LogP contribution in [-0.2, 0) is 0 Å². The van der Waals surface area contributed by atoms with Crippen LogP contribution >= 0.6 is 0 Å². The molecule has 0 aliphatic heterocycles. The molecule has 0 atom stereocenters. The molecule has 0 saturated carbocycles. The Morgan fingerprint density at radius 3 is 2.69 bits per heavy atom. The molecule has 142 valence electrons. The molecule has 0 saturated heterocycles. The predicted octanol–water partition coefficient (Wildman–Crippen LogP) is 3.05. The molecule has 9 nitrogen and oxygen atoms in total. The summed E-state index contributed by atoms with van der Waals surface area (Å²) < 4.78 is 1.83. The van der Waals surface area contributed by atoms with Crippen LogP contribution in [0.2, 0.25) is 0 Å². The summed E-state index contributed by atoms with van der Waals surface area (Å²) in [6.07, 6.45) is 3.51. The fourth-order valence-electron chi connectivity index (χ4n) is 3.32. The van der Waals surface area contributed by atoms with Crippen LogP contribution in [0.1, 0.15) is 5.69 Å². The predicted molar refractivity (Wildman–Crippen MR) is 109 cm³/mol. The molecule has 0 aliphatic carbocycles. The number of nitrogens with zero attached hydrogens (tertiary/aromatic N) is 8. The molecule has 0 radical (unpaired) electrons. The van der Waals surface area contributed by atoms with Gasteiger partial charge in [-0.25, -0.2) is 4.98 Å². The molecule has 0 amide bonds. The van der Waals surface area contributed by atoms with Crippen molar-refractivity contribution in [3.8, 4) is 22.6 Å². The minimum atomic E-state index is 0.516. The van der Waals surface area contributed by atoms with Crippen LogP contribution in [0.25, 0.3) is 28.3 Å².